The molecule has 3 aromatic carbocycles. The molecule has 1 amide bonds. The number of nitrogens with zero attached hydrogens (tertiary/aromatic N) is 1. The molecule has 9 nitrogen and oxygen atoms in total. The first-order valence-electron chi connectivity index (χ1n) is 11.2. The molecule has 0 saturated heterocycles. The number of hydrogen-bond donors (Lipinski definition) is 4. The van der Waals surface area contributed by atoms with Gasteiger partial charge >= 0.3 is 5.97 Å². The fourth-order valence-electron chi connectivity index (χ4n) is 3.79. The number of aliphatic imine (C=N–C) groups is 1. The van der Waals surface area contributed by atoms with E-state index >= 15 is 0 Å². The molecule has 4 rings (SSSR count). The molecule has 1 heterocycles. The van der Waals surface area contributed by atoms with Gasteiger partial charge in [-0.2, -0.15) is 4.72 Å². The highest BCUT2D eigenvalue weighted by Gasteiger charge is 2.27. The van der Waals surface area contributed by atoms with Crippen molar-refractivity contribution < 1.29 is 23.1 Å². The molecule has 1 atom stereocenters. The van der Waals surface area contributed by atoms with Gasteiger partial charge in [-0.1, -0.05) is 54.6 Å². The van der Waals surface area contributed by atoms with Crippen molar-refractivity contribution in [2.24, 2.45) is 4.99 Å². The maximum absolute atomic E-state index is 12.8. The smallest absolute Gasteiger partial charge is 0.322 e. The molecule has 4 N–H and O–H groups in total. The Morgan fingerprint density at radius 2 is 1.77 bits per heavy atom. The van der Waals surface area contributed by atoms with Crippen LogP contribution in [0.1, 0.15) is 17.5 Å². The van der Waals surface area contributed by atoms with Gasteiger partial charge in [0.15, 0.2) is 0 Å². The minimum absolute atomic E-state index is 0.0647. The third-order valence-corrected chi connectivity index (χ3v) is 7.12. The molecule has 1 aliphatic rings. The number of carboxylic acids is 1. The molecular weight excluding hydrogens is 468 g/mol. The standard InChI is InChI=1S/C25H26N4O5S/c30-23(26-12-11-17-5-7-19(8-6-17)24-27-13-14-28-24)16-22(25(31)32)29-35(33,34)21-10-9-18-3-1-2-4-20(18)15-21/h1-10,15,22,29H,11-14,16H2,(H,26,30)(H,27,28)(H,31,32)/t22-/m0/s1. The second-order valence-electron chi connectivity index (χ2n) is 8.18. The summed E-state index contributed by atoms with van der Waals surface area (Å²) in [4.78, 5) is 28.3. The predicted octanol–water partition coefficient (Wildman–Crippen LogP) is 1.67. The Hall–Kier alpha value is -3.76. The summed E-state index contributed by atoms with van der Waals surface area (Å²) >= 11 is 0. The number of hydrogen-bond acceptors (Lipinski definition) is 6. The van der Waals surface area contributed by atoms with Crippen LogP contribution in [0.4, 0.5) is 0 Å². The van der Waals surface area contributed by atoms with Gasteiger partial charge in [0.25, 0.3) is 0 Å². The number of amidine groups is 1. The molecule has 0 fully saturated rings. The van der Waals surface area contributed by atoms with Crippen LogP contribution in [-0.4, -0.2) is 56.9 Å². The van der Waals surface area contributed by atoms with Gasteiger partial charge in [-0.05, 0) is 34.9 Å². The molecule has 0 aliphatic carbocycles. The third kappa shape index (κ3) is 6.23. The van der Waals surface area contributed by atoms with Crippen molar-refractivity contribution in [3.8, 4) is 0 Å². The van der Waals surface area contributed by atoms with Crippen LogP contribution < -0.4 is 15.4 Å². The summed E-state index contributed by atoms with van der Waals surface area (Å²) in [6.07, 6.45) is 0.0268. The zero-order valence-electron chi connectivity index (χ0n) is 18.9. The maximum Gasteiger partial charge on any atom is 0.322 e. The van der Waals surface area contributed by atoms with Gasteiger partial charge < -0.3 is 15.7 Å². The Kier molecular flexibility index (Phi) is 7.42. The fraction of sp³-hybridized carbons (Fsp3) is 0.240. The zero-order valence-corrected chi connectivity index (χ0v) is 19.7. The normalized spacial score (nSPS) is 14.2. The van der Waals surface area contributed by atoms with E-state index in [1.807, 2.05) is 36.4 Å². The van der Waals surface area contributed by atoms with Gasteiger partial charge in [0.05, 0.1) is 17.9 Å². The lowest BCUT2D eigenvalue weighted by Gasteiger charge is -2.15. The van der Waals surface area contributed by atoms with Crippen molar-refractivity contribution in [3.63, 3.8) is 0 Å². The third-order valence-electron chi connectivity index (χ3n) is 5.65. The van der Waals surface area contributed by atoms with Crippen LogP contribution in [0.25, 0.3) is 10.8 Å². The summed E-state index contributed by atoms with van der Waals surface area (Å²) in [7, 11) is -4.14. The molecule has 0 spiro atoms. The lowest BCUT2D eigenvalue weighted by molar-refractivity contribution is -0.141. The predicted molar refractivity (Wildman–Crippen MR) is 133 cm³/mol. The first kappa shape index (κ1) is 24.4. The Labute approximate surface area is 203 Å². The number of nitrogens with one attached hydrogen (secondary N) is 3. The summed E-state index contributed by atoms with van der Waals surface area (Å²) in [6.45, 7) is 1.89. The quantitative estimate of drug-likeness (QED) is 0.338. The molecule has 0 unspecified atom stereocenters. The van der Waals surface area contributed by atoms with Crippen molar-refractivity contribution in [3.05, 3.63) is 77.9 Å². The number of carboxylic acid groups (broad SMARTS) is 1. The fourth-order valence-corrected chi connectivity index (χ4v) is 5.02. The van der Waals surface area contributed by atoms with Crippen molar-refractivity contribution in [1.29, 1.82) is 0 Å². The second-order valence-corrected chi connectivity index (χ2v) is 9.89. The van der Waals surface area contributed by atoms with E-state index in [0.29, 0.717) is 18.4 Å². The molecule has 0 radical (unpaired) electrons. The average molecular weight is 495 g/mol. The lowest BCUT2D eigenvalue weighted by atomic mass is 10.1. The highest BCUT2D eigenvalue weighted by molar-refractivity contribution is 7.89. The molecule has 10 heteroatoms. The zero-order chi connectivity index (χ0) is 24.8. The number of fused-ring (bicyclic) bond motifs is 1. The summed E-state index contributed by atoms with van der Waals surface area (Å²) in [6, 6.07) is 18.0. The Morgan fingerprint density at radius 1 is 1.03 bits per heavy atom. The van der Waals surface area contributed by atoms with E-state index in [2.05, 4.69) is 20.3 Å². The molecule has 0 saturated carbocycles. The van der Waals surface area contributed by atoms with E-state index in [0.717, 1.165) is 35.4 Å². The van der Waals surface area contributed by atoms with E-state index in [4.69, 9.17) is 0 Å². The second kappa shape index (κ2) is 10.7. The van der Waals surface area contributed by atoms with Gasteiger partial charge in [0.2, 0.25) is 15.9 Å². The first-order valence-corrected chi connectivity index (χ1v) is 12.7. The summed E-state index contributed by atoms with van der Waals surface area (Å²) in [5.41, 5.74) is 2.00. The molecule has 35 heavy (non-hydrogen) atoms. The van der Waals surface area contributed by atoms with Gasteiger partial charge in [0.1, 0.15) is 11.9 Å². The van der Waals surface area contributed by atoms with Gasteiger partial charge in [0, 0.05) is 18.7 Å². The number of carbonyl (C=O) groups is 2. The average Bonchev–Trinajstić information content (AvgIpc) is 3.39. The van der Waals surface area contributed by atoms with Crippen molar-refractivity contribution in [2.75, 3.05) is 19.6 Å². The molecule has 0 aromatic heterocycles. The lowest BCUT2D eigenvalue weighted by Crippen LogP contribution is -2.44. The minimum Gasteiger partial charge on any atom is -0.480 e. The molecule has 182 valence electrons. The number of amides is 1. The van der Waals surface area contributed by atoms with Gasteiger partial charge in [-0.3, -0.25) is 14.6 Å². The summed E-state index contributed by atoms with van der Waals surface area (Å²) in [5.74, 6) is -1.11. The van der Waals surface area contributed by atoms with E-state index < -0.39 is 34.4 Å². The molecular formula is C25H26N4O5S. The van der Waals surface area contributed by atoms with Crippen LogP contribution in [0.5, 0.6) is 0 Å². The van der Waals surface area contributed by atoms with Crippen LogP contribution >= 0.6 is 0 Å². The van der Waals surface area contributed by atoms with Crippen LogP contribution in [0.15, 0.2) is 76.6 Å². The molecule has 1 aliphatic heterocycles. The highest BCUT2D eigenvalue weighted by atomic mass is 32.2. The van der Waals surface area contributed by atoms with E-state index in [9.17, 15) is 23.1 Å². The van der Waals surface area contributed by atoms with E-state index in [1.165, 1.54) is 12.1 Å². The number of rotatable bonds is 10. The Morgan fingerprint density at radius 3 is 2.46 bits per heavy atom. The Balaban J connectivity index is 1.31. The number of sulfonamides is 1. The molecule has 0 bridgehead atoms. The van der Waals surface area contributed by atoms with Crippen LogP contribution in [-0.2, 0) is 26.0 Å². The van der Waals surface area contributed by atoms with Crippen LogP contribution in [0.3, 0.4) is 0 Å². The van der Waals surface area contributed by atoms with Gasteiger partial charge in [-0.15, -0.1) is 0 Å². The number of carbonyl (C=O) groups excluding carboxylic acids is 1. The van der Waals surface area contributed by atoms with E-state index in [1.54, 1.807) is 18.2 Å². The van der Waals surface area contributed by atoms with Crippen molar-refractivity contribution in [1.82, 2.24) is 15.4 Å². The van der Waals surface area contributed by atoms with Crippen molar-refractivity contribution >= 4 is 38.5 Å². The minimum atomic E-state index is -4.14. The van der Waals surface area contributed by atoms with Crippen molar-refractivity contribution in [2.45, 2.75) is 23.8 Å². The number of aliphatic carboxylic acids is 1. The molecule has 3 aromatic rings. The SMILES string of the molecule is O=C(C[C@H](NS(=O)(=O)c1ccc2ccccc2c1)C(=O)O)NCCc1ccc(C2=NCCN2)cc1. The topological polar surface area (TPSA) is 137 Å². The van der Waals surface area contributed by atoms with Crippen LogP contribution in [0, 0.1) is 0 Å². The summed E-state index contributed by atoms with van der Waals surface area (Å²) < 4.78 is 27.7. The monoisotopic (exact) mass is 494 g/mol. The Bertz CT molecular complexity index is 1370. The van der Waals surface area contributed by atoms with Gasteiger partial charge in [-0.25, -0.2) is 8.42 Å². The largest absolute Gasteiger partial charge is 0.480 e. The first-order chi connectivity index (χ1) is 16.8. The number of benzene rings is 3. The maximum atomic E-state index is 12.8. The summed E-state index contributed by atoms with van der Waals surface area (Å²) in [5, 5.41) is 16.9. The van der Waals surface area contributed by atoms with E-state index in [-0.39, 0.29) is 4.90 Å². The van der Waals surface area contributed by atoms with Crippen LogP contribution in [0.2, 0.25) is 0 Å². The highest BCUT2D eigenvalue weighted by Crippen LogP contribution is 2.19.